The third-order valence-corrected chi connectivity index (χ3v) is 5.84. The molecular weight excluding hydrogens is 334 g/mol. The lowest BCUT2D eigenvalue weighted by molar-refractivity contribution is -0.118. The number of aromatic nitrogens is 2. The molecule has 0 spiro atoms. The number of carbonyl (C=O) groups is 1. The smallest absolute Gasteiger partial charge is 0.233 e. The van der Waals surface area contributed by atoms with Gasteiger partial charge in [-0.05, 0) is 31.2 Å². The van der Waals surface area contributed by atoms with Crippen molar-refractivity contribution in [3.63, 3.8) is 0 Å². The maximum Gasteiger partial charge on any atom is 0.233 e. The van der Waals surface area contributed by atoms with E-state index in [0.29, 0.717) is 34.1 Å². The summed E-state index contributed by atoms with van der Waals surface area (Å²) in [6.07, 6.45) is 3.94. The summed E-state index contributed by atoms with van der Waals surface area (Å²) in [5.74, 6) is 0.859. The number of para-hydroxylation sites is 2. The Labute approximate surface area is 148 Å². The normalized spacial score (nSPS) is 13.4. The number of hydrogen-bond acceptors (Lipinski definition) is 3. The topological polar surface area (TPSA) is 55.2 Å². The van der Waals surface area contributed by atoms with Gasteiger partial charge in [-0.3, -0.25) is 9.69 Å². The zero-order chi connectivity index (χ0) is 17.4. The van der Waals surface area contributed by atoms with Gasteiger partial charge in [-0.25, -0.2) is 9.19 Å². The van der Waals surface area contributed by atoms with Gasteiger partial charge in [0.05, 0.1) is 32.0 Å². The molecular formula is C19H17N3O2S. The fourth-order valence-electron chi connectivity index (χ4n) is 3.08. The van der Waals surface area contributed by atoms with E-state index in [-0.39, 0.29) is 5.91 Å². The van der Waals surface area contributed by atoms with Crippen LogP contribution in [-0.4, -0.2) is 19.7 Å². The van der Waals surface area contributed by atoms with Crippen molar-refractivity contribution in [1.29, 1.82) is 0 Å². The minimum absolute atomic E-state index is 0.0234. The summed E-state index contributed by atoms with van der Waals surface area (Å²) < 4.78 is 14.8. The number of carbonyl (C=O) groups excluding carboxylic acids is 1. The number of benzene rings is 2. The third-order valence-electron chi connectivity index (χ3n) is 4.35. The number of hydrogen-bond donors (Lipinski definition) is 0. The Balaban J connectivity index is 1.71. The van der Waals surface area contributed by atoms with Crippen molar-refractivity contribution >= 4 is 28.1 Å². The Morgan fingerprint density at radius 1 is 1.04 bits per heavy atom. The summed E-state index contributed by atoms with van der Waals surface area (Å²) in [7, 11) is -1.27. The van der Waals surface area contributed by atoms with Crippen molar-refractivity contribution in [3.05, 3.63) is 66.7 Å². The lowest BCUT2D eigenvalue weighted by atomic mass is 10.2. The molecule has 0 radical (unpaired) electrons. The SMILES string of the molecule is Cc1nccn1CCC(=O)N1c2ccccc2S(=O)c2ccccc21. The van der Waals surface area contributed by atoms with Crippen LogP contribution in [0.4, 0.5) is 11.4 Å². The van der Waals surface area contributed by atoms with Crippen molar-refractivity contribution in [2.75, 3.05) is 4.90 Å². The monoisotopic (exact) mass is 351 g/mol. The van der Waals surface area contributed by atoms with Gasteiger partial charge in [0.2, 0.25) is 5.91 Å². The number of amides is 1. The van der Waals surface area contributed by atoms with Gasteiger partial charge in [0, 0.05) is 25.4 Å². The van der Waals surface area contributed by atoms with E-state index in [1.807, 2.05) is 66.2 Å². The molecule has 0 fully saturated rings. The molecule has 6 heteroatoms. The molecule has 5 nitrogen and oxygen atoms in total. The van der Waals surface area contributed by atoms with Gasteiger partial charge in [-0.2, -0.15) is 0 Å². The highest BCUT2D eigenvalue weighted by Crippen LogP contribution is 2.42. The first kappa shape index (κ1) is 15.8. The molecule has 0 N–H and O–H groups in total. The summed E-state index contributed by atoms with van der Waals surface area (Å²) >= 11 is 0. The second kappa shape index (κ2) is 6.29. The third kappa shape index (κ3) is 2.68. The van der Waals surface area contributed by atoms with E-state index in [1.54, 1.807) is 11.1 Å². The standard InChI is InChI=1S/C19H17N3O2S/c1-14-20-11-13-21(14)12-10-19(23)22-15-6-2-4-8-17(15)25(24)18-9-5-3-7-16(18)22/h2-9,11,13H,10,12H2,1H3. The molecule has 0 bridgehead atoms. The molecule has 0 saturated carbocycles. The summed E-state index contributed by atoms with van der Waals surface area (Å²) in [6, 6.07) is 14.8. The highest BCUT2D eigenvalue weighted by atomic mass is 32.2. The molecule has 0 atom stereocenters. The number of fused-ring (bicyclic) bond motifs is 2. The maximum absolute atomic E-state index is 13.0. The average molecular weight is 351 g/mol. The number of rotatable bonds is 3. The molecule has 0 aliphatic carbocycles. The lowest BCUT2D eigenvalue weighted by Gasteiger charge is -2.31. The van der Waals surface area contributed by atoms with E-state index in [0.717, 1.165) is 5.82 Å². The van der Waals surface area contributed by atoms with E-state index in [9.17, 15) is 9.00 Å². The van der Waals surface area contributed by atoms with Crippen LogP contribution in [0.15, 0.2) is 70.7 Å². The second-order valence-electron chi connectivity index (χ2n) is 5.85. The molecule has 25 heavy (non-hydrogen) atoms. The van der Waals surface area contributed by atoms with E-state index in [1.165, 1.54) is 0 Å². The van der Waals surface area contributed by atoms with Crippen LogP contribution in [-0.2, 0) is 22.1 Å². The fourth-order valence-corrected chi connectivity index (χ4v) is 4.42. The zero-order valence-electron chi connectivity index (χ0n) is 13.8. The van der Waals surface area contributed by atoms with Gasteiger partial charge in [0.25, 0.3) is 0 Å². The van der Waals surface area contributed by atoms with Crippen LogP contribution < -0.4 is 4.90 Å². The van der Waals surface area contributed by atoms with Gasteiger partial charge < -0.3 is 4.57 Å². The van der Waals surface area contributed by atoms with Gasteiger partial charge in [0.15, 0.2) is 0 Å². The number of anilines is 2. The van der Waals surface area contributed by atoms with Crippen LogP contribution in [0.3, 0.4) is 0 Å². The van der Waals surface area contributed by atoms with Crippen molar-refractivity contribution in [1.82, 2.24) is 9.55 Å². The van der Waals surface area contributed by atoms with Gasteiger partial charge in [-0.1, -0.05) is 24.3 Å². The minimum Gasteiger partial charge on any atom is -0.335 e. The first-order chi connectivity index (χ1) is 12.2. The van der Waals surface area contributed by atoms with E-state index in [4.69, 9.17) is 0 Å². The predicted octanol–water partition coefficient (Wildman–Crippen LogP) is 3.43. The molecule has 4 rings (SSSR count). The lowest BCUT2D eigenvalue weighted by Crippen LogP contribution is -2.31. The minimum atomic E-state index is -1.27. The molecule has 0 unspecified atom stereocenters. The Hall–Kier alpha value is -2.73. The molecule has 1 aliphatic rings. The first-order valence-corrected chi connectivity index (χ1v) is 9.22. The quantitative estimate of drug-likeness (QED) is 0.726. The summed E-state index contributed by atoms with van der Waals surface area (Å²) in [4.78, 5) is 20.3. The van der Waals surface area contributed by atoms with Crippen LogP contribution >= 0.6 is 0 Å². The van der Waals surface area contributed by atoms with Gasteiger partial charge in [-0.15, -0.1) is 0 Å². The van der Waals surface area contributed by atoms with Crippen molar-refractivity contribution < 1.29 is 9.00 Å². The van der Waals surface area contributed by atoms with Crippen LogP contribution in [0, 0.1) is 6.92 Å². The highest BCUT2D eigenvalue weighted by molar-refractivity contribution is 7.85. The fraction of sp³-hybridized carbons (Fsp3) is 0.158. The number of nitrogens with zero attached hydrogens (tertiary/aromatic N) is 3. The molecule has 126 valence electrons. The first-order valence-electron chi connectivity index (χ1n) is 8.07. The molecule has 2 heterocycles. The van der Waals surface area contributed by atoms with Crippen molar-refractivity contribution in [2.45, 2.75) is 29.7 Å². The molecule has 1 aliphatic heterocycles. The largest absolute Gasteiger partial charge is 0.335 e. The predicted molar refractivity (Wildman–Crippen MR) is 96.3 cm³/mol. The maximum atomic E-state index is 13.0. The zero-order valence-corrected chi connectivity index (χ0v) is 14.6. The molecule has 3 aromatic rings. The second-order valence-corrected chi connectivity index (χ2v) is 7.27. The summed E-state index contributed by atoms with van der Waals surface area (Å²) in [5, 5.41) is 0. The van der Waals surface area contributed by atoms with Crippen LogP contribution in [0.5, 0.6) is 0 Å². The molecule has 1 amide bonds. The van der Waals surface area contributed by atoms with E-state index < -0.39 is 10.8 Å². The van der Waals surface area contributed by atoms with Gasteiger partial charge in [0.1, 0.15) is 5.82 Å². The summed E-state index contributed by atoms with van der Waals surface area (Å²) in [5.41, 5.74) is 1.40. The van der Waals surface area contributed by atoms with Crippen molar-refractivity contribution in [2.24, 2.45) is 0 Å². The van der Waals surface area contributed by atoms with Crippen LogP contribution in [0.2, 0.25) is 0 Å². The van der Waals surface area contributed by atoms with Crippen LogP contribution in [0.25, 0.3) is 0 Å². The average Bonchev–Trinajstić information content (AvgIpc) is 3.05. The van der Waals surface area contributed by atoms with Crippen molar-refractivity contribution in [3.8, 4) is 0 Å². The van der Waals surface area contributed by atoms with E-state index >= 15 is 0 Å². The molecule has 0 saturated heterocycles. The molecule has 2 aromatic carbocycles. The Morgan fingerprint density at radius 2 is 1.64 bits per heavy atom. The van der Waals surface area contributed by atoms with E-state index in [2.05, 4.69) is 4.98 Å². The number of aryl methyl sites for hydroxylation is 2. The summed E-state index contributed by atoms with van der Waals surface area (Å²) in [6.45, 7) is 2.48. The highest BCUT2D eigenvalue weighted by Gasteiger charge is 2.31. The molecule has 1 aromatic heterocycles. The van der Waals surface area contributed by atoms with Gasteiger partial charge >= 0.3 is 0 Å². The van der Waals surface area contributed by atoms with Crippen LogP contribution in [0.1, 0.15) is 12.2 Å². The Bertz CT molecular complexity index is 931. The Morgan fingerprint density at radius 3 is 2.20 bits per heavy atom. The number of imidazole rings is 1. The Kier molecular flexibility index (Phi) is 3.97.